The number of rotatable bonds is 6. The second-order valence-corrected chi connectivity index (χ2v) is 9.75. The molecular weight excluding hydrogens is 416 g/mol. The van der Waals surface area contributed by atoms with Crippen LogP contribution in [0.1, 0.15) is 53.4 Å². The van der Waals surface area contributed by atoms with Crippen LogP contribution in [0.5, 0.6) is 0 Å². The Labute approximate surface area is 184 Å². The van der Waals surface area contributed by atoms with Gasteiger partial charge in [-0.1, -0.05) is 38.1 Å². The van der Waals surface area contributed by atoms with E-state index >= 15 is 0 Å². The Bertz CT molecular complexity index is 1040. The molecule has 1 aromatic heterocycles. The number of ether oxygens (including phenoxy) is 1. The van der Waals surface area contributed by atoms with Crippen molar-refractivity contribution in [2.45, 2.75) is 51.7 Å². The average Bonchev–Trinajstić information content (AvgIpc) is 3.40. The Kier molecular flexibility index (Phi) is 5.61. The van der Waals surface area contributed by atoms with Gasteiger partial charge in [0.05, 0.1) is 23.7 Å². The summed E-state index contributed by atoms with van der Waals surface area (Å²) in [7, 11) is 0. The minimum absolute atomic E-state index is 0.238. The molecule has 164 valence electrons. The fourth-order valence-corrected chi connectivity index (χ4v) is 5.84. The fourth-order valence-electron chi connectivity index (χ4n) is 4.76. The molecule has 0 aliphatic carbocycles. The van der Waals surface area contributed by atoms with Crippen molar-refractivity contribution in [2.75, 3.05) is 5.32 Å². The molecule has 7 nitrogen and oxygen atoms in total. The van der Waals surface area contributed by atoms with Crippen molar-refractivity contribution in [3.63, 3.8) is 0 Å². The van der Waals surface area contributed by atoms with E-state index in [1.165, 1.54) is 16.9 Å². The summed E-state index contributed by atoms with van der Waals surface area (Å²) in [5, 5.41) is 14.7. The van der Waals surface area contributed by atoms with Crippen LogP contribution >= 0.6 is 11.3 Å². The Morgan fingerprint density at radius 3 is 2.29 bits per heavy atom. The number of carbonyl (C=O) groups excluding carboxylic acids is 3. The number of aliphatic carboxylic acids is 1. The van der Waals surface area contributed by atoms with Crippen molar-refractivity contribution in [3.8, 4) is 11.1 Å². The second kappa shape index (κ2) is 8.09. The first-order valence-corrected chi connectivity index (χ1v) is 11.2. The van der Waals surface area contributed by atoms with Crippen molar-refractivity contribution in [1.29, 1.82) is 0 Å². The standard InChI is InChI=1S/C23H26N2O5S/c1-10(2)12-4-6-13(7-5-12)16-11(3)31-22(19(16)20(24)26)25-21(27)17-14-8-9-15(30-14)18(17)23(28)29/h4-7,10,14-15,17-18H,8-9H2,1-3H3,(H2,24,26)(H,25,27)(H,28,29)/p-1/t14-,15+,17-,18+/m1/s1. The molecule has 0 saturated carbocycles. The summed E-state index contributed by atoms with van der Waals surface area (Å²) in [5.41, 5.74) is 8.63. The Hall–Kier alpha value is -2.71. The molecule has 2 saturated heterocycles. The predicted octanol–water partition coefficient (Wildman–Crippen LogP) is 2.43. The summed E-state index contributed by atoms with van der Waals surface area (Å²) < 4.78 is 5.65. The van der Waals surface area contributed by atoms with Crippen LogP contribution in [0.3, 0.4) is 0 Å². The molecule has 0 spiro atoms. The monoisotopic (exact) mass is 441 g/mol. The largest absolute Gasteiger partial charge is 0.550 e. The molecular formula is C23H25N2O5S-. The van der Waals surface area contributed by atoms with E-state index < -0.39 is 41.8 Å². The van der Waals surface area contributed by atoms with Crippen LogP contribution in [-0.2, 0) is 14.3 Å². The number of nitrogens with one attached hydrogen (secondary N) is 1. The molecule has 2 fully saturated rings. The van der Waals surface area contributed by atoms with Crippen LogP contribution < -0.4 is 16.2 Å². The van der Waals surface area contributed by atoms with E-state index in [9.17, 15) is 19.5 Å². The van der Waals surface area contributed by atoms with Gasteiger partial charge in [0.1, 0.15) is 5.00 Å². The zero-order valence-electron chi connectivity index (χ0n) is 17.6. The zero-order chi connectivity index (χ0) is 22.4. The van der Waals surface area contributed by atoms with Crippen molar-refractivity contribution in [1.82, 2.24) is 0 Å². The summed E-state index contributed by atoms with van der Waals surface area (Å²) in [6, 6.07) is 7.91. The van der Waals surface area contributed by atoms with E-state index in [2.05, 4.69) is 19.2 Å². The number of primary amides is 1. The highest BCUT2D eigenvalue weighted by atomic mass is 32.1. The number of nitrogens with two attached hydrogens (primary N) is 1. The van der Waals surface area contributed by atoms with Crippen molar-refractivity contribution < 1.29 is 24.2 Å². The Morgan fingerprint density at radius 1 is 1.13 bits per heavy atom. The van der Waals surface area contributed by atoms with E-state index in [0.29, 0.717) is 29.3 Å². The highest BCUT2D eigenvalue weighted by Crippen LogP contribution is 2.45. The molecule has 2 aromatic rings. The number of benzene rings is 1. The van der Waals surface area contributed by atoms with E-state index in [1.54, 1.807) is 0 Å². The minimum Gasteiger partial charge on any atom is -0.550 e. The van der Waals surface area contributed by atoms with Crippen LogP contribution in [0.4, 0.5) is 5.00 Å². The van der Waals surface area contributed by atoms with E-state index in [1.807, 2.05) is 31.2 Å². The third kappa shape index (κ3) is 3.74. The molecule has 1 aromatic carbocycles. The highest BCUT2D eigenvalue weighted by molar-refractivity contribution is 7.17. The molecule has 8 heteroatoms. The molecule has 31 heavy (non-hydrogen) atoms. The number of anilines is 1. The van der Waals surface area contributed by atoms with Gasteiger partial charge in [-0.25, -0.2) is 0 Å². The zero-order valence-corrected chi connectivity index (χ0v) is 18.5. The van der Waals surface area contributed by atoms with Gasteiger partial charge in [0.25, 0.3) is 5.91 Å². The summed E-state index contributed by atoms with van der Waals surface area (Å²) in [4.78, 5) is 37.8. The number of hydrogen-bond donors (Lipinski definition) is 2. The maximum Gasteiger partial charge on any atom is 0.252 e. The van der Waals surface area contributed by atoms with Gasteiger partial charge < -0.3 is 25.7 Å². The summed E-state index contributed by atoms with van der Waals surface area (Å²) in [6.07, 6.45) is 0.288. The van der Waals surface area contributed by atoms with Gasteiger partial charge in [-0.3, -0.25) is 9.59 Å². The topological polar surface area (TPSA) is 122 Å². The maximum absolute atomic E-state index is 13.0. The second-order valence-electron chi connectivity index (χ2n) is 8.53. The quantitative estimate of drug-likeness (QED) is 0.713. The SMILES string of the molecule is Cc1sc(NC(=O)[C@H]2[C@@H](C(=O)[O-])[C@@H]3CC[C@H]2O3)c(C(N)=O)c1-c1ccc(C(C)C)cc1. The first-order valence-electron chi connectivity index (χ1n) is 10.4. The third-order valence-corrected chi connectivity index (χ3v) is 7.30. The van der Waals surface area contributed by atoms with Crippen LogP contribution in [-0.4, -0.2) is 30.0 Å². The van der Waals surface area contributed by atoms with Crippen LogP contribution in [0.2, 0.25) is 0 Å². The van der Waals surface area contributed by atoms with Crippen molar-refractivity contribution in [3.05, 3.63) is 40.3 Å². The minimum atomic E-state index is -1.28. The molecule has 2 amide bonds. The highest BCUT2D eigenvalue weighted by Gasteiger charge is 2.53. The van der Waals surface area contributed by atoms with Gasteiger partial charge in [0.2, 0.25) is 5.91 Å². The molecule has 3 heterocycles. The summed E-state index contributed by atoms with van der Waals surface area (Å²) in [6.45, 7) is 6.07. The van der Waals surface area contributed by atoms with E-state index in [4.69, 9.17) is 10.5 Å². The number of aryl methyl sites for hydroxylation is 1. The molecule has 4 atom stereocenters. The van der Waals surface area contributed by atoms with Gasteiger partial charge in [0, 0.05) is 22.3 Å². The number of hydrogen-bond acceptors (Lipinski definition) is 6. The summed E-state index contributed by atoms with van der Waals surface area (Å²) in [5.74, 6) is -3.87. The van der Waals surface area contributed by atoms with Gasteiger partial charge in [-0.05, 0) is 36.8 Å². The normalized spacial score (nSPS) is 24.5. The first kappa shape index (κ1) is 21.5. The number of carboxylic acids is 1. The summed E-state index contributed by atoms with van der Waals surface area (Å²) >= 11 is 1.25. The molecule has 2 aliphatic heterocycles. The van der Waals surface area contributed by atoms with Gasteiger partial charge in [-0.2, -0.15) is 0 Å². The van der Waals surface area contributed by atoms with Gasteiger partial charge in [0.15, 0.2) is 0 Å². The molecule has 3 N–H and O–H groups in total. The van der Waals surface area contributed by atoms with Crippen LogP contribution in [0.25, 0.3) is 11.1 Å². The lowest BCUT2D eigenvalue weighted by atomic mass is 9.78. The van der Waals surface area contributed by atoms with E-state index in [-0.39, 0.29) is 5.56 Å². The fraction of sp³-hybridized carbons (Fsp3) is 0.435. The van der Waals surface area contributed by atoms with Gasteiger partial charge >= 0.3 is 0 Å². The average molecular weight is 442 g/mol. The molecule has 2 aliphatic rings. The Balaban J connectivity index is 1.67. The number of amides is 2. The maximum atomic E-state index is 13.0. The smallest absolute Gasteiger partial charge is 0.252 e. The van der Waals surface area contributed by atoms with Crippen molar-refractivity contribution in [2.24, 2.45) is 17.6 Å². The van der Waals surface area contributed by atoms with Gasteiger partial charge in [-0.15, -0.1) is 11.3 Å². The number of thiophene rings is 1. The Morgan fingerprint density at radius 2 is 1.74 bits per heavy atom. The van der Waals surface area contributed by atoms with Crippen LogP contribution in [0, 0.1) is 18.8 Å². The van der Waals surface area contributed by atoms with Crippen LogP contribution in [0.15, 0.2) is 24.3 Å². The lowest BCUT2D eigenvalue weighted by Gasteiger charge is -2.27. The molecule has 0 radical (unpaired) electrons. The van der Waals surface area contributed by atoms with Crippen molar-refractivity contribution >= 4 is 34.1 Å². The third-order valence-electron chi connectivity index (χ3n) is 6.28. The lowest BCUT2D eigenvalue weighted by Crippen LogP contribution is -2.46. The molecule has 2 bridgehead atoms. The number of carboxylic acid groups (broad SMARTS) is 1. The van der Waals surface area contributed by atoms with E-state index in [0.717, 1.165) is 10.4 Å². The number of fused-ring (bicyclic) bond motifs is 2. The number of carbonyl (C=O) groups is 3. The molecule has 0 unspecified atom stereocenters. The predicted molar refractivity (Wildman–Crippen MR) is 116 cm³/mol. The molecule has 4 rings (SSSR count). The first-order chi connectivity index (χ1) is 14.7. The lowest BCUT2D eigenvalue weighted by molar-refractivity contribution is -0.313.